The van der Waals surface area contributed by atoms with Crippen molar-refractivity contribution in [2.75, 3.05) is 20.8 Å². The molecule has 0 amide bonds. The van der Waals surface area contributed by atoms with Crippen LogP contribution >= 0.6 is 11.3 Å². The zero-order valence-electron chi connectivity index (χ0n) is 21.8. The van der Waals surface area contributed by atoms with Gasteiger partial charge in [-0.1, -0.05) is 78.6 Å². The van der Waals surface area contributed by atoms with Crippen molar-refractivity contribution in [3.63, 3.8) is 0 Å². The van der Waals surface area contributed by atoms with Gasteiger partial charge in [0, 0.05) is 16.7 Å². The summed E-state index contributed by atoms with van der Waals surface area (Å²) in [5.41, 5.74) is 6.03. The maximum atomic E-state index is 14.1. The highest BCUT2D eigenvalue weighted by atomic mass is 32.1. The van der Waals surface area contributed by atoms with E-state index < -0.39 is 0 Å². The van der Waals surface area contributed by atoms with Crippen molar-refractivity contribution in [1.29, 1.82) is 0 Å². The number of benzene rings is 3. The van der Waals surface area contributed by atoms with Crippen molar-refractivity contribution in [2.24, 2.45) is 4.99 Å². The van der Waals surface area contributed by atoms with E-state index in [1.807, 2.05) is 59.2 Å². The average Bonchev–Trinajstić information content (AvgIpc) is 3.29. The molecule has 0 radical (unpaired) electrons. The third-order valence-electron chi connectivity index (χ3n) is 7.16. The lowest BCUT2D eigenvalue weighted by molar-refractivity contribution is 0.348. The Hall–Kier alpha value is -4.36. The van der Waals surface area contributed by atoms with Crippen molar-refractivity contribution in [1.82, 2.24) is 4.57 Å². The lowest BCUT2D eigenvalue weighted by atomic mass is 9.83. The molecule has 1 atom stereocenters. The van der Waals surface area contributed by atoms with Crippen LogP contribution in [0.4, 0.5) is 0 Å². The first kappa shape index (κ1) is 24.9. The van der Waals surface area contributed by atoms with Gasteiger partial charge < -0.3 is 14.2 Å². The largest absolute Gasteiger partial charge is 0.493 e. The summed E-state index contributed by atoms with van der Waals surface area (Å²) in [6.07, 6.45) is 5.27. The van der Waals surface area contributed by atoms with Gasteiger partial charge >= 0.3 is 0 Å². The van der Waals surface area contributed by atoms with E-state index in [1.165, 1.54) is 16.9 Å². The Morgan fingerprint density at radius 2 is 1.79 bits per heavy atom. The first-order valence-electron chi connectivity index (χ1n) is 12.8. The number of hydrogen-bond acceptors (Lipinski definition) is 6. The Balaban J connectivity index is 1.62. The molecule has 0 saturated heterocycles. The van der Waals surface area contributed by atoms with Crippen LogP contribution in [-0.2, 0) is 6.42 Å². The lowest BCUT2D eigenvalue weighted by Gasteiger charge is -2.31. The van der Waals surface area contributed by atoms with Crippen LogP contribution in [0.2, 0.25) is 0 Å². The number of rotatable bonds is 7. The Bertz CT molecular complexity index is 1800. The number of aryl methyl sites for hydroxylation is 1. The van der Waals surface area contributed by atoms with Gasteiger partial charge in [-0.2, -0.15) is 0 Å². The molecule has 1 aromatic heterocycles. The van der Waals surface area contributed by atoms with Gasteiger partial charge in [0.05, 0.1) is 30.5 Å². The molecule has 2 aliphatic rings. The molecule has 0 N–H and O–H groups in total. The van der Waals surface area contributed by atoms with Gasteiger partial charge in [-0.3, -0.25) is 9.36 Å². The molecule has 0 spiro atoms. The molecule has 1 aliphatic heterocycles. The molecule has 39 heavy (non-hydrogen) atoms. The zero-order chi connectivity index (χ0) is 26.9. The molecule has 7 heteroatoms. The monoisotopic (exact) mass is 536 g/mol. The molecule has 3 aromatic carbocycles. The second-order valence-electron chi connectivity index (χ2n) is 9.33. The van der Waals surface area contributed by atoms with E-state index in [-0.39, 0.29) is 11.6 Å². The maximum Gasteiger partial charge on any atom is 0.271 e. The van der Waals surface area contributed by atoms with Crippen LogP contribution in [0.1, 0.15) is 34.7 Å². The van der Waals surface area contributed by atoms with Crippen LogP contribution in [0.5, 0.6) is 17.2 Å². The zero-order valence-corrected chi connectivity index (χ0v) is 22.7. The van der Waals surface area contributed by atoms with Gasteiger partial charge in [0.1, 0.15) is 12.4 Å². The molecule has 0 fully saturated rings. The van der Waals surface area contributed by atoms with Gasteiger partial charge in [0.2, 0.25) is 0 Å². The predicted molar refractivity (Wildman–Crippen MR) is 154 cm³/mol. The highest BCUT2D eigenvalue weighted by molar-refractivity contribution is 7.07. The fourth-order valence-electron chi connectivity index (χ4n) is 5.45. The minimum Gasteiger partial charge on any atom is -0.493 e. The number of methoxy groups -OCH3 is 2. The average molecular weight is 537 g/mol. The van der Waals surface area contributed by atoms with Gasteiger partial charge in [-0.15, -0.1) is 0 Å². The molecule has 6 rings (SSSR count). The standard InChI is InChI=1S/C32H28N2O4S/c1-4-18-38-25-14-8-6-11-21(25)19-27-31(35)34-29(24-13-9-15-26(36-2)30(24)37-3)23-17-16-20-10-5-7-12-22(20)28(23)33-32(34)39-27/h4-15,19,29H,1,16-18H2,2-3H3. The smallest absolute Gasteiger partial charge is 0.271 e. The molecule has 6 nitrogen and oxygen atoms in total. The van der Waals surface area contributed by atoms with Crippen molar-refractivity contribution in [3.8, 4) is 17.2 Å². The van der Waals surface area contributed by atoms with Crippen molar-refractivity contribution < 1.29 is 14.2 Å². The molecule has 196 valence electrons. The predicted octanol–water partition coefficient (Wildman–Crippen LogP) is 4.90. The first-order chi connectivity index (χ1) is 19.1. The number of allylic oxidation sites excluding steroid dienone is 1. The molecule has 4 aromatic rings. The van der Waals surface area contributed by atoms with Crippen molar-refractivity contribution >= 4 is 23.1 Å². The van der Waals surface area contributed by atoms with Crippen LogP contribution in [0, 0.1) is 0 Å². The highest BCUT2D eigenvalue weighted by Crippen LogP contribution is 2.45. The van der Waals surface area contributed by atoms with E-state index in [1.54, 1.807) is 20.3 Å². The number of fused-ring (bicyclic) bond motifs is 3. The summed E-state index contributed by atoms with van der Waals surface area (Å²) in [6, 6.07) is 21.5. The summed E-state index contributed by atoms with van der Waals surface area (Å²) >= 11 is 1.39. The topological polar surface area (TPSA) is 62.0 Å². The van der Waals surface area contributed by atoms with Gasteiger partial charge in [-0.05, 0) is 42.2 Å². The summed E-state index contributed by atoms with van der Waals surface area (Å²) in [7, 11) is 3.26. The SMILES string of the molecule is C=CCOc1ccccc1C=c1sc2n(c1=O)C(c1cccc(OC)c1OC)C1=C(N=2)c2ccccc2CC1. The van der Waals surface area contributed by atoms with E-state index in [4.69, 9.17) is 19.2 Å². The van der Waals surface area contributed by atoms with E-state index >= 15 is 0 Å². The Kier molecular flexibility index (Phi) is 6.67. The van der Waals surface area contributed by atoms with E-state index in [0.29, 0.717) is 33.2 Å². The van der Waals surface area contributed by atoms with Crippen LogP contribution in [0.3, 0.4) is 0 Å². The van der Waals surface area contributed by atoms with Crippen LogP contribution in [-0.4, -0.2) is 25.4 Å². The second kappa shape index (κ2) is 10.4. The number of nitrogens with zero attached hydrogens (tertiary/aromatic N) is 2. The Labute approximate surface area is 230 Å². The van der Waals surface area contributed by atoms with Crippen LogP contribution in [0.25, 0.3) is 11.8 Å². The van der Waals surface area contributed by atoms with Gasteiger partial charge in [0.25, 0.3) is 5.56 Å². The van der Waals surface area contributed by atoms with E-state index in [2.05, 4.69) is 24.8 Å². The van der Waals surface area contributed by atoms with Gasteiger partial charge in [-0.25, -0.2) is 4.99 Å². The van der Waals surface area contributed by atoms with E-state index in [9.17, 15) is 4.79 Å². The van der Waals surface area contributed by atoms with Crippen molar-refractivity contribution in [3.05, 3.63) is 127 Å². The van der Waals surface area contributed by atoms with Crippen molar-refractivity contribution in [2.45, 2.75) is 18.9 Å². The first-order valence-corrected chi connectivity index (χ1v) is 13.6. The lowest BCUT2D eigenvalue weighted by Crippen LogP contribution is -2.39. The van der Waals surface area contributed by atoms with Crippen LogP contribution in [0.15, 0.2) is 94.7 Å². The molecule has 1 aliphatic carbocycles. The summed E-state index contributed by atoms with van der Waals surface area (Å²) < 4.78 is 19.7. The molecule has 2 heterocycles. The van der Waals surface area contributed by atoms with Crippen LogP contribution < -0.4 is 29.1 Å². The molecule has 1 unspecified atom stereocenters. The molecular formula is C32H28N2O4S. The minimum atomic E-state index is -0.371. The normalized spacial score (nSPS) is 16.1. The summed E-state index contributed by atoms with van der Waals surface area (Å²) in [4.78, 5) is 19.9. The fraction of sp³-hybridized carbons (Fsp3) is 0.188. The second-order valence-corrected chi connectivity index (χ2v) is 10.3. The Morgan fingerprint density at radius 1 is 1.00 bits per heavy atom. The quantitative estimate of drug-likeness (QED) is 0.315. The van der Waals surface area contributed by atoms with Gasteiger partial charge in [0.15, 0.2) is 16.3 Å². The third kappa shape index (κ3) is 4.29. The number of para-hydroxylation sites is 2. The summed E-state index contributed by atoms with van der Waals surface area (Å²) in [6.45, 7) is 4.12. The maximum absolute atomic E-state index is 14.1. The fourth-order valence-corrected chi connectivity index (χ4v) is 6.44. The summed E-state index contributed by atoms with van der Waals surface area (Å²) in [5, 5.41) is 0. The number of ether oxygens (including phenoxy) is 3. The summed E-state index contributed by atoms with van der Waals surface area (Å²) in [5.74, 6) is 1.94. The highest BCUT2D eigenvalue weighted by Gasteiger charge is 2.34. The molecule has 0 bridgehead atoms. The number of thiazole rings is 1. The minimum absolute atomic E-state index is 0.0995. The Morgan fingerprint density at radius 3 is 2.62 bits per heavy atom. The third-order valence-corrected chi connectivity index (χ3v) is 8.15. The number of aromatic nitrogens is 1. The van der Waals surface area contributed by atoms with E-state index in [0.717, 1.165) is 40.8 Å². The molecular weight excluding hydrogens is 508 g/mol. The number of hydrogen-bond donors (Lipinski definition) is 0. The molecule has 0 saturated carbocycles.